The Hall–Kier alpha value is -2.24. The van der Waals surface area contributed by atoms with E-state index in [1.165, 1.54) is 0 Å². The predicted molar refractivity (Wildman–Crippen MR) is 93.1 cm³/mol. The third-order valence-electron chi connectivity index (χ3n) is 3.34. The zero-order valence-corrected chi connectivity index (χ0v) is 13.7. The molecule has 0 radical (unpaired) electrons. The molecule has 0 spiro atoms. The number of aromatic amines is 1. The summed E-state index contributed by atoms with van der Waals surface area (Å²) in [5.41, 5.74) is 2.36. The SMILES string of the molecule is C[C@H](NC(=O)Nc1ccc(Cl)c(Cl)c1)c1nc2ccccc2[nH]1. The highest BCUT2D eigenvalue weighted by Gasteiger charge is 2.13. The van der Waals surface area contributed by atoms with Gasteiger partial charge in [0.05, 0.1) is 27.1 Å². The van der Waals surface area contributed by atoms with Gasteiger partial charge in [-0.05, 0) is 37.3 Å². The number of imidazole rings is 1. The van der Waals surface area contributed by atoms with Gasteiger partial charge in [-0.3, -0.25) is 0 Å². The van der Waals surface area contributed by atoms with Crippen molar-refractivity contribution in [2.75, 3.05) is 5.32 Å². The third-order valence-corrected chi connectivity index (χ3v) is 4.08. The number of hydrogen-bond donors (Lipinski definition) is 3. The maximum Gasteiger partial charge on any atom is 0.319 e. The smallest absolute Gasteiger partial charge is 0.319 e. The summed E-state index contributed by atoms with van der Waals surface area (Å²) >= 11 is 11.8. The van der Waals surface area contributed by atoms with E-state index in [2.05, 4.69) is 20.6 Å². The first-order valence-corrected chi connectivity index (χ1v) is 7.76. The molecule has 3 aromatic rings. The molecule has 1 heterocycles. The quantitative estimate of drug-likeness (QED) is 0.638. The van der Waals surface area contributed by atoms with Crippen molar-refractivity contribution < 1.29 is 4.79 Å². The van der Waals surface area contributed by atoms with Gasteiger partial charge in [0, 0.05) is 5.69 Å². The minimum atomic E-state index is -0.351. The van der Waals surface area contributed by atoms with Crippen LogP contribution in [0.3, 0.4) is 0 Å². The van der Waals surface area contributed by atoms with Gasteiger partial charge in [0.2, 0.25) is 0 Å². The van der Waals surface area contributed by atoms with E-state index in [-0.39, 0.29) is 12.1 Å². The lowest BCUT2D eigenvalue weighted by molar-refractivity contribution is 0.249. The monoisotopic (exact) mass is 348 g/mol. The van der Waals surface area contributed by atoms with E-state index in [9.17, 15) is 4.79 Å². The van der Waals surface area contributed by atoms with Crippen LogP contribution in [0.2, 0.25) is 10.0 Å². The van der Waals surface area contributed by atoms with Crippen LogP contribution in [0.4, 0.5) is 10.5 Å². The number of nitrogens with one attached hydrogen (secondary N) is 3. The number of nitrogens with zero attached hydrogens (tertiary/aromatic N) is 1. The molecular weight excluding hydrogens is 335 g/mol. The van der Waals surface area contributed by atoms with Crippen molar-refractivity contribution in [2.24, 2.45) is 0 Å². The molecule has 0 aliphatic rings. The molecule has 0 saturated heterocycles. The number of benzene rings is 2. The average molecular weight is 349 g/mol. The van der Waals surface area contributed by atoms with Crippen molar-refractivity contribution in [1.82, 2.24) is 15.3 Å². The number of carbonyl (C=O) groups excluding carboxylic acids is 1. The highest BCUT2D eigenvalue weighted by atomic mass is 35.5. The van der Waals surface area contributed by atoms with Crippen LogP contribution in [-0.4, -0.2) is 16.0 Å². The molecule has 7 heteroatoms. The second kappa shape index (κ2) is 6.48. The van der Waals surface area contributed by atoms with E-state index in [0.29, 0.717) is 21.6 Å². The molecule has 23 heavy (non-hydrogen) atoms. The average Bonchev–Trinajstić information content (AvgIpc) is 2.95. The highest BCUT2D eigenvalue weighted by Crippen LogP contribution is 2.25. The minimum absolute atomic E-state index is 0.273. The van der Waals surface area contributed by atoms with E-state index in [1.807, 2.05) is 31.2 Å². The zero-order valence-electron chi connectivity index (χ0n) is 12.2. The summed E-state index contributed by atoms with van der Waals surface area (Å²) in [6.07, 6.45) is 0. The molecule has 0 fully saturated rings. The summed E-state index contributed by atoms with van der Waals surface area (Å²) in [7, 11) is 0. The van der Waals surface area contributed by atoms with Gasteiger partial charge in [-0.15, -0.1) is 0 Å². The summed E-state index contributed by atoms with van der Waals surface area (Å²) in [5.74, 6) is 0.690. The summed E-state index contributed by atoms with van der Waals surface area (Å²) in [6, 6.07) is 12.0. The lowest BCUT2D eigenvalue weighted by Crippen LogP contribution is -2.31. The number of H-pyrrole nitrogens is 1. The molecule has 0 bridgehead atoms. The van der Waals surface area contributed by atoms with E-state index in [4.69, 9.17) is 23.2 Å². The van der Waals surface area contributed by atoms with Gasteiger partial charge in [0.1, 0.15) is 5.82 Å². The second-order valence-electron chi connectivity index (χ2n) is 5.09. The minimum Gasteiger partial charge on any atom is -0.340 e. The topological polar surface area (TPSA) is 69.8 Å². The number of hydrogen-bond acceptors (Lipinski definition) is 2. The van der Waals surface area contributed by atoms with Crippen molar-refractivity contribution in [3.63, 3.8) is 0 Å². The van der Waals surface area contributed by atoms with Crippen LogP contribution in [0.15, 0.2) is 42.5 Å². The van der Waals surface area contributed by atoms with Gasteiger partial charge < -0.3 is 15.6 Å². The first-order valence-electron chi connectivity index (χ1n) is 7.00. The van der Waals surface area contributed by atoms with E-state index in [0.717, 1.165) is 11.0 Å². The van der Waals surface area contributed by atoms with Crippen LogP contribution in [-0.2, 0) is 0 Å². The number of carbonyl (C=O) groups is 1. The Morgan fingerprint density at radius 2 is 1.96 bits per heavy atom. The van der Waals surface area contributed by atoms with Gasteiger partial charge in [0.15, 0.2) is 0 Å². The summed E-state index contributed by atoms with van der Waals surface area (Å²) in [5, 5.41) is 6.35. The first-order chi connectivity index (χ1) is 11.0. The first kappa shape index (κ1) is 15.6. The van der Waals surface area contributed by atoms with Crippen molar-refractivity contribution in [3.8, 4) is 0 Å². The number of urea groups is 1. The Morgan fingerprint density at radius 3 is 2.70 bits per heavy atom. The number of fused-ring (bicyclic) bond motifs is 1. The van der Waals surface area contributed by atoms with Crippen LogP contribution in [0, 0.1) is 0 Å². The van der Waals surface area contributed by atoms with Crippen LogP contribution >= 0.6 is 23.2 Å². The van der Waals surface area contributed by atoms with Gasteiger partial charge in [-0.1, -0.05) is 35.3 Å². The molecule has 1 aromatic heterocycles. The lowest BCUT2D eigenvalue weighted by atomic mass is 10.3. The number of anilines is 1. The fourth-order valence-electron chi connectivity index (χ4n) is 2.18. The number of aromatic nitrogens is 2. The molecule has 0 unspecified atom stereocenters. The van der Waals surface area contributed by atoms with Crippen LogP contribution in [0.5, 0.6) is 0 Å². The Morgan fingerprint density at radius 1 is 1.17 bits per heavy atom. The molecule has 1 atom stereocenters. The summed E-state index contributed by atoms with van der Waals surface area (Å²) < 4.78 is 0. The molecular formula is C16H14Cl2N4O. The maximum absolute atomic E-state index is 12.1. The van der Waals surface area contributed by atoms with E-state index in [1.54, 1.807) is 18.2 Å². The number of amides is 2. The van der Waals surface area contributed by atoms with Gasteiger partial charge in [-0.25, -0.2) is 9.78 Å². The molecule has 2 aromatic carbocycles. The Labute approximate surface area is 143 Å². The number of halogens is 2. The lowest BCUT2D eigenvalue weighted by Gasteiger charge is -2.13. The Bertz CT molecular complexity index is 829. The van der Waals surface area contributed by atoms with Crippen molar-refractivity contribution in [3.05, 3.63) is 58.3 Å². The summed E-state index contributed by atoms with van der Waals surface area (Å²) in [4.78, 5) is 19.7. The van der Waals surface area contributed by atoms with Crippen LogP contribution in [0.1, 0.15) is 18.8 Å². The predicted octanol–water partition coefficient (Wildman–Crippen LogP) is 4.75. The fraction of sp³-hybridized carbons (Fsp3) is 0.125. The van der Waals surface area contributed by atoms with Gasteiger partial charge >= 0.3 is 6.03 Å². The third kappa shape index (κ3) is 3.57. The van der Waals surface area contributed by atoms with Crippen molar-refractivity contribution >= 4 is 46.0 Å². The number of rotatable bonds is 3. The Kier molecular flexibility index (Phi) is 4.41. The summed E-state index contributed by atoms with van der Waals surface area (Å²) in [6.45, 7) is 1.85. The van der Waals surface area contributed by atoms with E-state index < -0.39 is 0 Å². The second-order valence-corrected chi connectivity index (χ2v) is 5.90. The normalized spacial score (nSPS) is 12.1. The van der Waals surface area contributed by atoms with Crippen LogP contribution < -0.4 is 10.6 Å². The van der Waals surface area contributed by atoms with Gasteiger partial charge in [-0.2, -0.15) is 0 Å². The molecule has 3 N–H and O–H groups in total. The molecule has 0 saturated carbocycles. The van der Waals surface area contributed by atoms with Crippen LogP contribution in [0.25, 0.3) is 11.0 Å². The van der Waals surface area contributed by atoms with Gasteiger partial charge in [0.25, 0.3) is 0 Å². The maximum atomic E-state index is 12.1. The molecule has 118 valence electrons. The molecule has 0 aliphatic heterocycles. The molecule has 2 amide bonds. The Balaban J connectivity index is 1.67. The molecule has 0 aliphatic carbocycles. The largest absolute Gasteiger partial charge is 0.340 e. The van der Waals surface area contributed by atoms with Crippen molar-refractivity contribution in [1.29, 1.82) is 0 Å². The zero-order chi connectivity index (χ0) is 16.4. The standard InChI is InChI=1S/C16H14Cl2N4O/c1-9(15-21-13-4-2-3-5-14(13)22-15)19-16(23)20-10-6-7-11(17)12(18)8-10/h2-9H,1H3,(H,21,22)(H2,19,20,23)/t9-/m0/s1. The van der Waals surface area contributed by atoms with E-state index >= 15 is 0 Å². The number of para-hydroxylation sites is 2. The molecule has 3 rings (SSSR count). The van der Waals surface area contributed by atoms with Crippen molar-refractivity contribution in [2.45, 2.75) is 13.0 Å². The highest BCUT2D eigenvalue weighted by molar-refractivity contribution is 6.42. The fourth-order valence-corrected chi connectivity index (χ4v) is 2.48. The molecule has 5 nitrogen and oxygen atoms in total.